The molecule has 0 aromatic heterocycles. The molecular formula is C9H17NS. The Morgan fingerprint density at radius 1 is 1.27 bits per heavy atom. The summed E-state index contributed by atoms with van der Waals surface area (Å²) in [6.07, 6.45) is 2.79. The second-order valence-electron chi connectivity index (χ2n) is 3.96. The van der Waals surface area contributed by atoms with Gasteiger partial charge in [-0.25, -0.2) is 0 Å². The summed E-state index contributed by atoms with van der Waals surface area (Å²) in [7, 11) is 0. The van der Waals surface area contributed by atoms with E-state index in [0.29, 0.717) is 0 Å². The lowest BCUT2D eigenvalue weighted by atomic mass is 10.2. The van der Waals surface area contributed by atoms with Crippen LogP contribution in [0.25, 0.3) is 0 Å². The third-order valence-corrected chi connectivity index (χ3v) is 4.24. The molecule has 2 rings (SSSR count). The molecule has 1 saturated heterocycles. The van der Waals surface area contributed by atoms with Gasteiger partial charge in [0.25, 0.3) is 0 Å². The van der Waals surface area contributed by atoms with Crippen LogP contribution in [0.5, 0.6) is 0 Å². The third-order valence-electron chi connectivity index (χ3n) is 2.91. The van der Waals surface area contributed by atoms with Gasteiger partial charge in [0.2, 0.25) is 0 Å². The van der Waals surface area contributed by atoms with Gasteiger partial charge in [0.1, 0.15) is 0 Å². The van der Waals surface area contributed by atoms with Crippen molar-refractivity contribution in [3.63, 3.8) is 0 Å². The first-order chi connectivity index (χ1) is 5.27. The van der Waals surface area contributed by atoms with Gasteiger partial charge >= 0.3 is 0 Å². The Bertz CT molecular complexity index is 148. The van der Waals surface area contributed by atoms with E-state index >= 15 is 0 Å². The quantitative estimate of drug-likeness (QED) is 0.681. The van der Waals surface area contributed by atoms with Crippen molar-refractivity contribution in [1.29, 1.82) is 0 Å². The Balaban J connectivity index is 1.77. The van der Waals surface area contributed by atoms with Crippen LogP contribution in [0.2, 0.25) is 0 Å². The summed E-state index contributed by atoms with van der Waals surface area (Å²) in [6.45, 7) is 4.69. The molecule has 2 fully saturated rings. The first-order valence-corrected chi connectivity index (χ1v) is 5.70. The summed E-state index contributed by atoms with van der Waals surface area (Å²) in [6, 6.07) is 1.68. The molecule has 1 nitrogen and oxygen atoms in total. The second kappa shape index (κ2) is 2.98. The van der Waals surface area contributed by atoms with Crippen LogP contribution >= 0.6 is 11.8 Å². The topological polar surface area (TPSA) is 12.0 Å². The van der Waals surface area contributed by atoms with E-state index in [-0.39, 0.29) is 0 Å². The van der Waals surface area contributed by atoms with E-state index < -0.39 is 0 Å². The molecule has 1 N–H and O–H groups in total. The van der Waals surface area contributed by atoms with Gasteiger partial charge in [-0.3, -0.25) is 0 Å². The Hall–Kier alpha value is 0.310. The Labute approximate surface area is 73.3 Å². The van der Waals surface area contributed by atoms with Gasteiger partial charge in [-0.2, -0.15) is 11.8 Å². The highest BCUT2D eigenvalue weighted by Gasteiger charge is 2.36. The van der Waals surface area contributed by atoms with Crippen LogP contribution < -0.4 is 5.32 Å². The molecule has 1 heterocycles. The minimum Gasteiger partial charge on any atom is -0.310 e. The number of nitrogens with one attached hydrogen (secondary N) is 1. The summed E-state index contributed by atoms with van der Waals surface area (Å²) in [5, 5.41) is 4.58. The maximum absolute atomic E-state index is 3.73. The van der Waals surface area contributed by atoms with Gasteiger partial charge in [-0.15, -0.1) is 0 Å². The van der Waals surface area contributed by atoms with Crippen LogP contribution in [0.3, 0.4) is 0 Å². The fourth-order valence-electron chi connectivity index (χ4n) is 1.78. The van der Waals surface area contributed by atoms with Gasteiger partial charge in [-0.1, -0.05) is 13.8 Å². The molecule has 1 saturated carbocycles. The lowest BCUT2D eigenvalue weighted by Gasteiger charge is -2.15. The van der Waals surface area contributed by atoms with Crippen LogP contribution in [-0.4, -0.2) is 23.1 Å². The average molecular weight is 171 g/mol. The van der Waals surface area contributed by atoms with Crippen molar-refractivity contribution >= 4 is 11.8 Å². The molecule has 4 unspecified atom stereocenters. The number of rotatable bonds is 2. The van der Waals surface area contributed by atoms with Crippen LogP contribution in [0, 0.1) is 5.92 Å². The predicted octanol–water partition coefficient (Wildman–Crippen LogP) is 1.88. The Kier molecular flexibility index (Phi) is 2.15. The van der Waals surface area contributed by atoms with Gasteiger partial charge in [0.15, 0.2) is 0 Å². The van der Waals surface area contributed by atoms with E-state index in [1.54, 1.807) is 0 Å². The number of thioether (sulfide) groups is 1. The van der Waals surface area contributed by atoms with Gasteiger partial charge in [0, 0.05) is 17.3 Å². The van der Waals surface area contributed by atoms with Crippen LogP contribution in [0.4, 0.5) is 0 Å². The van der Waals surface area contributed by atoms with E-state index in [1.165, 1.54) is 18.6 Å². The summed E-state index contributed by atoms with van der Waals surface area (Å²) in [5.74, 6) is 2.31. The zero-order valence-electron chi connectivity index (χ0n) is 7.34. The van der Waals surface area contributed by atoms with E-state index in [1.807, 2.05) is 0 Å². The Morgan fingerprint density at radius 3 is 2.45 bits per heavy atom. The molecule has 0 aromatic rings. The molecule has 1 aliphatic heterocycles. The molecule has 4 atom stereocenters. The molecular weight excluding hydrogens is 154 g/mol. The summed E-state index contributed by atoms with van der Waals surface area (Å²) < 4.78 is 0. The number of hydrogen-bond donors (Lipinski definition) is 1. The van der Waals surface area contributed by atoms with Crippen molar-refractivity contribution in [3.8, 4) is 0 Å². The SMILES string of the molecule is CC1CC1NC1CCSC1C. The molecule has 0 amide bonds. The zero-order valence-corrected chi connectivity index (χ0v) is 8.16. The van der Waals surface area contributed by atoms with E-state index in [4.69, 9.17) is 0 Å². The normalized spacial score (nSPS) is 49.6. The highest BCUT2D eigenvalue weighted by atomic mass is 32.2. The van der Waals surface area contributed by atoms with Crippen LogP contribution in [-0.2, 0) is 0 Å². The smallest absolute Gasteiger partial charge is 0.0194 e. The molecule has 0 spiro atoms. The van der Waals surface area contributed by atoms with Gasteiger partial charge in [0.05, 0.1) is 0 Å². The van der Waals surface area contributed by atoms with Crippen LogP contribution in [0.15, 0.2) is 0 Å². The van der Waals surface area contributed by atoms with Gasteiger partial charge in [-0.05, 0) is 24.5 Å². The first-order valence-electron chi connectivity index (χ1n) is 4.65. The second-order valence-corrected chi connectivity index (χ2v) is 5.44. The maximum atomic E-state index is 3.73. The highest BCUT2D eigenvalue weighted by Crippen LogP contribution is 2.33. The third kappa shape index (κ3) is 1.73. The number of hydrogen-bond acceptors (Lipinski definition) is 2. The highest BCUT2D eigenvalue weighted by molar-refractivity contribution is 8.00. The van der Waals surface area contributed by atoms with Crippen molar-refractivity contribution in [2.75, 3.05) is 5.75 Å². The van der Waals surface area contributed by atoms with Crippen molar-refractivity contribution in [1.82, 2.24) is 5.32 Å². The summed E-state index contributed by atoms with van der Waals surface area (Å²) >= 11 is 2.11. The molecule has 0 aromatic carbocycles. The maximum Gasteiger partial charge on any atom is 0.0194 e. The molecule has 11 heavy (non-hydrogen) atoms. The minimum absolute atomic E-state index is 0.815. The van der Waals surface area contributed by atoms with E-state index in [2.05, 4.69) is 30.9 Å². The molecule has 0 radical (unpaired) electrons. The summed E-state index contributed by atoms with van der Waals surface area (Å²) in [4.78, 5) is 0. The van der Waals surface area contributed by atoms with Crippen molar-refractivity contribution in [2.45, 2.75) is 44.0 Å². The Morgan fingerprint density at radius 2 is 2.00 bits per heavy atom. The molecule has 1 aliphatic carbocycles. The standard InChI is InChI=1S/C9H17NS/c1-6-5-9(6)10-8-3-4-11-7(8)2/h6-10H,3-5H2,1-2H3. The lowest BCUT2D eigenvalue weighted by Crippen LogP contribution is -2.35. The van der Waals surface area contributed by atoms with Crippen molar-refractivity contribution in [3.05, 3.63) is 0 Å². The van der Waals surface area contributed by atoms with Crippen molar-refractivity contribution < 1.29 is 0 Å². The van der Waals surface area contributed by atoms with Gasteiger partial charge < -0.3 is 5.32 Å². The van der Waals surface area contributed by atoms with E-state index in [9.17, 15) is 0 Å². The summed E-state index contributed by atoms with van der Waals surface area (Å²) in [5.41, 5.74) is 0. The fraction of sp³-hybridized carbons (Fsp3) is 1.00. The largest absolute Gasteiger partial charge is 0.310 e. The predicted molar refractivity (Wildman–Crippen MR) is 51.0 cm³/mol. The molecule has 64 valence electrons. The monoisotopic (exact) mass is 171 g/mol. The molecule has 2 heteroatoms. The zero-order chi connectivity index (χ0) is 7.84. The average Bonchev–Trinajstić information content (AvgIpc) is 2.48. The first kappa shape index (κ1) is 7.93. The fourth-order valence-corrected chi connectivity index (χ4v) is 2.99. The molecule has 2 aliphatic rings. The van der Waals surface area contributed by atoms with E-state index in [0.717, 1.165) is 23.3 Å². The molecule has 0 bridgehead atoms. The lowest BCUT2D eigenvalue weighted by molar-refractivity contribution is 0.498. The van der Waals surface area contributed by atoms with Crippen molar-refractivity contribution in [2.24, 2.45) is 5.92 Å². The minimum atomic E-state index is 0.815. The van der Waals surface area contributed by atoms with Crippen LogP contribution in [0.1, 0.15) is 26.7 Å².